The SMILES string of the molecule is O=C(Nc1ccc(S(=O)(=O)Cl)cc1F)C(F)(F)F.O=C(Nc1ccccc1F)C(F)(F)F. The Morgan fingerprint density at radius 3 is 1.56 bits per heavy atom. The lowest BCUT2D eigenvalue weighted by Crippen LogP contribution is -2.30. The number of hydrogen-bond donors (Lipinski definition) is 2. The van der Waals surface area contributed by atoms with E-state index in [-0.39, 0.29) is 0 Å². The second kappa shape index (κ2) is 10.1. The third kappa shape index (κ3) is 8.30. The third-order valence-corrected chi connectivity index (χ3v) is 4.46. The van der Waals surface area contributed by atoms with Crippen molar-refractivity contribution in [1.82, 2.24) is 0 Å². The zero-order chi connectivity index (χ0) is 24.9. The van der Waals surface area contributed by atoms with Gasteiger partial charge in [-0.05, 0) is 30.3 Å². The maximum Gasteiger partial charge on any atom is 0.471 e. The van der Waals surface area contributed by atoms with Crippen molar-refractivity contribution in [3.05, 3.63) is 54.1 Å². The van der Waals surface area contributed by atoms with E-state index < -0.39 is 61.1 Å². The highest BCUT2D eigenvalue weighted by molar-refractivity contribution is 8.13. The maximum absolute atomic E-state index is 13.2. The minimum atomic E-state index is -5.18. The van der Waals surface area contributed by atoms with Gasteiger partial charge in [0.15, 0.2) is 0 Å². The Labute approximate surface area is 178 Å². The summed E-state index contributed by atoms with van der Waals surface area (Å²) in [5.41, 5.74) is -1.30. The Kier molecular flexibility index (Phi) is 8.57. The van der Waals surface area contributed by atoms with Crippen LogP contribution in [0.2, 0.25) is 0 Å². The molecule has 176 valence electrons. The lowest BCUT2D eigenvalue weighted by Gasteiger charge is -2.09. The molecule has 0 atom stereocenters. The molecule has 2 aromatic carbocycles. The van der Waals surface area contributed by atoms with Crippen LogP contribution in [0.3, 0.4) is 0 Å². The molecular weight excluding hydrogens is 504 g/mol. The Hall–Kier alpha value is -2.94. The lowest BCUT2D eigenvalue weighted by molar-refractivity contribution is -0.167. The van der Waals surface area contributed by atoms with Crippen LogP contribution in [0, 0.1) is 11.6 Å². The molecule has 0 aliphatic rings. The molecule has 32 heavy (non-hydrogen) atoms. The fraction of sp³-hybridized carbons (Fsp3) is 0.125. The van der Waals surface area contributed by atoms with Crippen LogP contribution in [0.5, 0.6) is 0 Å². The van der Waals surface area contributed by atoms with Gasteiger partial charge in [-0.1, -0.05) is 12.1 Å². The molecule has 0 radical (unpaired) electrons. The van der Waals surface area contributed by atoms with Crippen LogP contribution < -0.4 is 10.6 Å². The fourth-order valence-electron chi connectivity index (χ4n) is 1.70. The number of anilines is 2. The van der Waals surface area contributed by atoms with Crippen molar-refractivity contribution in [3.63, 3.8) is 0 Å². The van der Waals surface area contributed by atoms with Crippen molar-refractivity contribution in [2.75, 3.05) is 10.6 Å². The van der Waals surface area contributed by atoms with Gasteiger partial charge in [-0.3, -0.25) is 9.59 Å². The predicted octanol–water partition coefficient (Wildman–Crippen LogP) is 4.58. The number of carbonyl (C=O) groups is 2. The van der Waals surface area contributed by atoms with Crippen molar-refractivity contribution in [3.8, 4) is 0 Å². The summed E-state index contributed by atoms with van der Waals surface area (Å²) in [5.74, 6) is -6.83. The summed E-state index contributed by atoms with van der Waals surface area (Å²) in [6.07, 6.45) is -10.2. The lowest BCUT2D eigenvalue weighted by atomic mass is 10.3. The molecule has 0 aliphatic carbocycles. The number of carbonyl (C=O) groups excluding carboxylic acids is 2. The smallest absolute Gasteiger partial charge is 0.316 e. The first-order chi connectivity index (χ1) is 14.4. The normalized spacial score (nSPS) is 11.8. The Morgan fingerprint density at radius 1 is 0.750 bits per heavy atom. The van der Waals surface area contributed by atoms with Crippen molar-refractivity contribution < 1.29 is 53.1 Å². The average Bonchev–Trinajstić information content (AvgIpc) is 2.63. The molecule has 16 heteroatoms. The van der Waals surface area contributed by atoms with Crippen LogP contribution in [0.1, 0.15) is 0 Å². The fourth-order valence-corrected chi connectivity index (χ4v) is 2.46. The van der Waals surface area contributed by atoms with Gasteiger partial charge in [-0.25, -0.2) is 17.2 Å². The molecule has 0 bridgehead atoms. The molecule has 0 unspecified atom stereocenters. The van der Waals surface area contributed by atoms with E-state index in [9.17, 15) is 53.1 Å². The van der Waals surface area contributed by atoms with Gasteiger partial charge in [0.25, 0.3) is 9.05 Å². The monoisotopic (exact) mass is 512 g/mol. The van der Waals surface area contributed by atoms with E-state index in [1.807, 2.05) is 0 Å². The average molecular weight is 513 g/mol. The van der Waals surface area contributed by atoms with Crippen LogP contribution >= 0.6 is 10.7 Å². The van der Waals surface area contributed by atoms with Crippen molar-refractivity contribution in [2.24, 2.45) is 0 Å². The van der Waals surface area contributed by atoms with Crippen LogP contribution in [0.15, 0.2) is 47.4 Å². The number of benzene rings is 2. The second-order valence-electron chi connectivity index (χ2n) is 5.46. The molecule has 6 nitrogen and oxygen atoms in total. The first-order valence-corrected chi connectivity index (χ1v) is 9.99. The highest BCUT2D eigenvalue weighted by Gasteiger charge is 2.39. The molecule has 2 aromatic rings. The van der Waals surface area contributed by atoms with Gasteiger partial charge in [0.2, 0.25) is 0 Å². The summed E-state index contributed by atoms with van der Waals surface area (Å²) in [4.78, 5) is 20.3. The zero-order valence-electron chi connectivity index (χ0n) is 15.0. The van der Waals surface area contributed by atoms with Gasteiger partial charge in [0.1, 0.15) is 11.6 Å². The number of nitrogens with one attached hydrogen (secondary N) is 2. The van der Waals surface area contributed by atoms with E-state index in [0.717, 1.165) is 18.2 Å². The topological polar surface area (TPSA) is 92.3 Å². The molecule has 0 spiro atoms. The standard InChI is InChI=1S/C8H4ClF4NO3S.C8H5F4NO/c9-18(16,17)4-1-2-6(5(10)3-4)14-7(15)8(11,12)13;9-5-3-1-2-4-6(5)13-7(14)8(10,11)12/h1-3H,(H,14,15);1-4H,(H,13,14). The minimum Gasteiger partial charge on any atom is -0.316 e. The molecule has 2 amide bonds. The van der Waals surface area contributed by atoms with Gasteiger partial charge < -0.3 is 10.6 Å². The van der Waals surface area contributed by atoms with Crippen LogP contribution in [0.25, 0.3) is 0 Å². The van der Waals surface area contributed by atoms with E-state index in [1.54, 1.807) is 0 Å². The quantitative estimate of drug-likeness (QED) is 0.465. The van der Waals surface area contributed by atoms with Gasteiger partial charge >= 0.3 is 24.2 Å². The molecule has 0 saturated carbocycles. The molecule has 0 heterocycles. The molecule has 2 N–H and O–H groups in total. The second-order valence-corrected chi connectivity index (χ2v) is 8.03. The molecular formula is C16H9ClF8N2O4S. The molecule has 0 aliphatic heterocycles. The largest absolute Gasteiger partial charge is 0.471 e. The van der Waals surface area contributed by atoms with E-state index >= 15 is 0 Å². The Balaban J connectivity index is 0.000000330. The molecule has 0 saturated heterocycles. The minimum absolute atomic E-state index is 0.397. The summed E-state index contributed by atoms with van der Waals surface area (Å²) in [5, 5.41) is 2.66. The Morgan fingerprint density at radius 2 is 1.19 bits per heavy atom. The van der Waals surface area contributed by atoms with Gasteiger partial charge in [0.05, 0.1) is 16.3 Å². The molecule has 0 fully saturated rings. The van der Waals surface area contributed by atoms with Gasteiger partial charge in [-0.15, -0.1) is 0 Å². The number of halogens is 9. The third-order valence-electron chi connectivity index (χ3n) is 3.11. The first kappa shape index (κ1) is 27.1. The van der Waals surface area contributed by atoms with Crippen molar-refractivity contribution in [2.45, 2.75) is 17.2 Å². The number of para-hydroxylation sites is 1. The van der Waals surface area contributed by atoms with E-state index in [1.165, 1.54) is 22.8 Å². The van der Waals surface area contributed by atoms with Crippen LogP contribution in [-0.4, -0.2) is 32.6 Å². The molecule has 0 aromatic heterocycles. The number of rotatable bonds is 3. The zero-order valence-corrected chi connectivity index (χ0v) is 16.6. The summed E-state index contributed by atoms with van der Waals surface area (Å²) >= 11 is 0. The number of alkyl halides is 6. The first-order valence-electron chi connectivity index (χ1n) is 7.68. The summed E-state index contributed by atoms with van der Waals surface area (Å²) in [6.45, 7) is 0. The number of hydrogen-bond acceptors (Lipinski definition) is 4. The maximum atomic E-state index is 13.2. The summed E-state index contributed by atoms with van der Waals surface area (Å²) < 4.78 is 118. The Bertz CT molecular complexity index is 1100. The van der Waals surface area contributed by atoms with Crippen LogP contribution in [-0.2, 0) is 18.6 Å². The highest BCUT2D eigenvalue weighted by atomic mass is 35.7. The molecule has 2 rings (SSSR count). The van der Waals surface area contributed by atoms with Crippen molar-refractivity contribution in [1.29, 1.82) is 0 Å². The van der Waals surface area contributed by atoms with Gasteiger partial charge in [-0.2, -0.15) is 26.3 Å². The summed E-state index contributed by atoms with van der Waals surface area (Å²) in [7, 11) is 0.698. The number of amides is 2. The van der Waals surface area contributed by atoms with E-state index in [0.29, 0.717) is 12.1 Å². The predicted molar refractivity (Wildman–Crippen MR) is 95.2 cm³/mol. The highest BCUT2D eigenvalue weighted by Crippen LogP contribution is 2.24. The van der Waals surface area contributed by atoms with Crippen LogP contribution in [0.4, 0.5) is 46.5 Å². The van der Waals surface area contributed by atoms with E-state index in [2.05, 4.69) is 0 Å². The van der Waals surface area contributed by atoms with E-state index in [4.69, 9.17) is 10.7 Å². The summed E-state index contributed by atoms with van der Waals surface area (Å²) in [6, 6.07) is 6.43. The van der Waals surface area contributed by atoms with Gasteiger partial charge in [0, 0.05) is 10.7 Å². The van der Waals surface area contributed by atoms with Crippen molar-refractivity contribution >= 4 is 42.9 Å².